The Balaban J connectivity index is 1.35. The number of hydrogen-bond acceptors (Lipinski definition) is 5. The Morgan fingerprint density at radius 2 is 1.15 bits per heavy atom. The summed E-state index contributed by atoms with van der Waals surface area (Å²) in [6.45, 7) is 2.94. The molecule has 0 aliphatic heterocycles. The van der Waals surface area contributed by atoms with Gasteiger partial charge in [-0.05, 0) is 78.7 Å². The second-order valence-electron chi connectivity index (χ2n) is 9.94. The highest BCUT2D eigenvalue weighted by molar-refractivity contribution is 6.06. The molecule has 0 spiro atoms. The quantitative estimate of drug-likeness (QED) is 0.0527. The van der Waals surface area contributed by atoms with Crippen LogP contribution < -0.4 is 14.2 Å². The Morgan fingerprint density at radius 1 is 0.625 bits per heavy atom. The molecular weight excluding hydrogens is 500 g/mol. The van der Waals surface area contributed by atoms with Crippen LogP contribution in [0.1, 0.15) is 97.4 Å². The van der Waals surface area contributed by atoms with E-state index in [1.165, 1.54) is 63.9 Å². The van der Waals surface area contributed by atoms with E-state index < -0.39 is 5.97 Å². The van der Waals surface area contributed by atoms with Crippen molar-refractivity contribution in [2.75, 3.05) is 13.7 Å². The van der Waals surface area contributed by atoms with Crippen molar-refractivity contribution in [3.63, 3.8) is 0 Å². The normalized spacial score (nSPS) is 10.9. The van der Waals surface area contributed by atoms with Crippen LogP contribution in [0.2, 0.25) is 0 Å². The maximum Gasteiger partial charge on any atom is 0.343 e. The third kappa shape index (κ3) is 11.1. The average Bonchev–Trinajstić information content (AvgIpc) is 2.99. The number of rotatable bonds is 18. The summed E-state index contributed by atoms with van der Waals surface area (Å²) in [5, 5.41) is 0. The fourth-order valence-electron chi connectivity index (χ4n) is 4.30. The van der Waals surface area contributed by atoms with Gasteiger partial charge in [0.05, 0.1) is 19.3 Å². The smallest absolute Gasteiger partial charge is 0.343 e. The second kappa shape index (κ2) is 17.7. The van der Waals surface area contributed by atoms with E-state index in [1.54, 1.807) is 86.0 Å². The number of carbonyl (C=O) groups is 2. The van der Waals surface area contributed by atoms with Gasteiger partial charge in [0.1, 0.15) is 17.2 Å². The third-order valence-corrected chi connectivity index (χ3v) is 6.75. The van der Waals surface area contributed by atoms with E-state index in [1.807, 2.05) is 0 Å². The number of unbranched alkanes of at least 4 members (excludes halogenated alkanes) is 9. The summed E-state index contributed by atoms with van der Waals surface area (Å²) >= 11 is 0. The zero-order chi connectivity index (χ0) is 28.4. The number of methoxy groups -OCH3 is 1. The Kier molecular flexibility index (Phi) is 13.6. The summed E-state index contributed by atoms with van der Waals surface area (Å²) in [5.74, 6) is 1.36. The zero-order valence-corrected chi connectivity index (χ0v) is 23.9. The van der Waals surface area contributed by atoms with Gasteiger partial charge in [0, 0.05) is 5.56 Å². The molecule has 3 aromatic rings. The van der Waals surface area contributed by atoms with Crippen LogP contribution >= 0.6 is 0 Å². The third-order valence-electron chi connectivity index (χ3n) is 6.75. The van der Waals surface area contributed by atoms with Gasteiger partial charge in [-0.3, -0.25) is 4.79 Å². The molecule has 0 unspecified atom stereocenters. The van der Waals surface area contributed by atoms with Gasteiger partial charge in [0.15, 0.2) is 5.78 Å². The monoisotopic (exact) mass is 542 g/mol. The molecule has 3 aromatic carbocycles. The molecule has 0 heterocycles. The summed E-state index contributed by atoms with van der Waals surface area (Å²) in [6.07, 6.45) is 16.2. The molecule has 212 valence electrons. The van der Waals surface area contributed by atoms with E-state index >= 15 is 0 Å². The first-order valence-corrected chi connectivity index (χ1v) is 14.5. The van der Waals surface area contributed by atoms with Crippen LogP contribution in [-0.4, -0.2) is 25.5 Å². The van der Waals surface area contributed by atoms with Crippen LogP contribution in [-0.2, 0) is 0 Å². The summed E-state index contributed by atoms with van der Waals surface area (Å²) in [5.41, 5.74) is 1.86. The summed E-state index contributed by atoms with van der Waals surface area (Å²) in [7, 11) is 1.59. The number of ether oxygens (including phenoxy) is 3. The number of ketones is 1. The van der Waals surface area contributed by atoms with Crippen molar-refractivity contribution in [2.45, 2.75) is 71.1 Å². The largest absolute Gasteiger partial charge is 0.497 e. The van der Waals surface area contributed by atoms with Gasteiger partial charge < -0.3 is 14.2 Å². The molecule has 0 amide bonds. The van der Waals surface area contributed by atoms with Gasteiger partial charge in [-0.25, -0.2) is 4.79 Å². The van der Waals surface area contributed by atoms with Crippen molar-refractivity contribution >= 4 is 17.8 Å². The molecule has 0 aliphatic carbocycles. The zero-order valence-electron chi connectivity index (χ0n) is 23.9. The summed E-state index contributed by atoms with van der Waals surface area (Å²) < 4.78 is 16.5. The van der Waals surface area contributed by atoms with Gasteiger partial charge in [-0.2, -0.15) is 0 Å². The van der Waals surface area contributed by atoms with E-state index in [4.69, 9.17) is 14.2 Å². The van der Waals surface area contributed by atoms with Gasteiger partial charge in [0.25, 0.3) is 0 Å². The summed E-state index contributed by atoms with van der Waals surface area (Å²) in [6, 6.07) is 21.0. The SMILES string of the molecule is CCCCCCCCCCCCOc1ccc(C(=O)Oc2ccc(/C=C/C(=O)c3ccc(OC)cc3)cc2)cc1. The van der Waals surface area contributed by atoms with Gasteiger partial charge >= 0.3 is 5.97 Å². The molecule has 0 atom stereocenters. The topological polar surface area (TPSA) is 61.8 Å². The van der Waals surface area contributed by atoms with Crippen LogP contribution in [0.3, 0.4) is 0 Å². The Bertz CT molecular complexity index is 1180. The minimum Gasteiger partial charge on any atom is -0.497 e. The van der Waals surface area contributed by atoms with E-state index in [2.05, 4.69) is 6.92 Å². The Morgan fingerprint density at radius 3 is 1.75 bits per heavy atom. The number of allylic oxidation sites excluding steroid dienone is 1. The molecule has 3 rings (SSSR count). The lowest BCUT2D eigenvalue weighted by Crippen LogP contribution is -2.08. The van der Waals surface area contributed by atoms with Crippen LogP contribution in [0.15, 0.2) is 78.9 Å². The van der Waals surface area contributed by atoms with Crippen LogP contribution in [0.5, 0.6) is 17.2 Å². The first-order chi connectivity index (χ1) is 19.6. The maximum absolute atomic E-state index is 12.6. The molecule has 0 bridgehead atoms. The fourth-order valence-corrected chi connectivity index (χ4v) is 4.30. The molecule has 5 nitrogen and oxygen atoms in total. The lowest BCUT2D eigenvalue weighted by Gasteiger charge is -2.08. The van der Waals surface area contributed by atoms with E-state index in [0.717, 1.165) is 17.7 Å². The number of esters is 1. The van der Waals surface area contributed by atoms with Crippen molar-refractivity contribution in [1.82, 2.24) is 0 Å². The Hall–Kier alpha value is -3.86. The van der Waals surface area contributed by atoms with Crippen molar-refractivity contribution in [2.24, 2.45) is 0 Å². The molecule has 0 N–H and O–H groups in total. The van der Waals surface area contributed by atoms with Crippen molar-refractivity contribution in [3.05, 3.63) is 95.6 Å². The first kappa shape index (κ1) is 30.7. The van der Waals surface area contributed by atoms with Gasteiger partial charge in [0.2, 0.25) is 0 Å². The minimum absolute atomic E-state index is 0.103. The van der Waals surface area contributed by atoms with Crippen LogP contribution in [0.25, 0.3) is 6.08 Å². The first-order valence-electron chi connectivity index (χ1n) is 14.5. The van der Waals surface area contributed by atoms with E-state index in [0.29, 0.717) is 29.2 Å². The number of benzene rings is 3. The predicted molar refractivity (Wildman–Crippen MR) is 162 cm³/mol. The van der Waals surface area contributed by atoms with Crippen molar-refractivity contribution in [3.8, 4) is 17.2 Å². The minimum atomic E-state index is -0.431. The number of carbonyl (C=O) groups excluding carboxylic acids is 2. The summed E-state index contributed by atoms with van der Waals surface area (Å²) in [4.78, 5) is 24.9. The number of hydrogen-bond donors (Lipinski definition) is 0. The Labute approximate surface area is 239 Å². The van der Waals surface area contributed by atoms with Crippen molar-refractivity contribution in [1.29, 1.82) is 0 Å². The highest BCUT2D eigenvalue weighted by atomic mass is 16.5. The highest BCUT2D eigenvalue weighted by Gasteiger charge is 2.09. The molecule has 0 saturated heterocycles. The maximum atomic E-state index is 12.6. The van der Waals surface area contributed by atoms with Gasteiger partial charge in [-0.15, -0.1) is 0 Å². The average molecular weight is 543 g/mol. The molecule has 40 heavy (non-hydrogen) atoms. The van der Waals surface area contributed by atoms with E-state index in [9.17, 15) is 9.59 Å². The van der Waals surface area contributed by atoms with Crippen LogP contribution in [0, 0.1) is 0 Å². The van der Waals surface area contributed by atoms with Gasteiger partial charge in [-0.1, -0.05) is 82.9 Å². The standard InChI is InChI=1S/C35H42O5/c1-3-4-5-6-7-8-9-10-11-12-27-39-32-24-18-30(19-25-32)35(37)40-33-20-13-28(14-21-33)15-26-34(36)29-16-22-31(38-2)23-17-29/h13-26H,3-12,27H2,1-2H3/b26-15+. The molecule has 0 aliphatic rings. The molecule has 0 aromatic heterocycles. The predicted octanol–water partition coefficient (Wildman–Crippen LogP) is 9.11. The second-order valence-corrected chi connectivity index (χ2v) is 9.94. The fraction of sp³-hybridized carbons (Fsp3) is 0.371. The molecular formula is C35H42O5. The molecule has 0 saturated carbocycles. The van der Waals surface area contributed by atoms with Crippen molar-refractivity contribution < 1.29 is 23.8 Å². The highest BCUT2D eigenvalue weighted by Crippen LogP contribution is 2.19. The van der Waals surface area contributed by atoms with E-state index in [-0.39, 0.29) is 5.78 Å². The van der Waals surface area contributed by atoms with Crippen LogP contribution in [0.4, 0.5) is 0 Å². The molecule has 0 fully saturated rings. The lowest BCUT2D eigenvalue weighted by atomic mass is 10.1. The lowest BCUT2D eigenvalue weighted by molar-refractivity contribution is 0.0734. The molecule has 5 heteroatoms. The molecule has 0 radical (unpaired) electrons.